The van der Waals surface area contributed by atoms with Crippen LogP contribution in [0.2, 0.25) is 0 Å². The average molecular weight is 344 g/mol. The first-order valence-electron chi connectivity index (χ1n) is 8.76. The highest BCUT2D eigenvalue weighted by molar-refractivity contribution is 5.94. The third kappa shape index (κ3) is 3.88. The van der Waals surface area contributed by atoms with Gasteiger partial charge < -0.3 is 10.6 Å². The molecule has 1 heterocycles. The lowest BCUT2D eigenvalue weighted by Crippen LogP contribution is -2.26. The average Bonchev–Trinajstić information content (AvgIpc) is 3.46. The first kappa shape index (κ1) is 16.3. The molecule has 1 aromatic heterocycles. The van der Waals surface area contributed by atoms with E-state index >= 15 is 0 Å². The fraction of sp³-hybridized carbons (Fsp3) is 0.190. The van der Waals surface area contributed by atoms with Crippen molar-refractivity contribution in [2.75, 3.05) is 5.32 Å². The number of nitrogens with one attached hydrogen (secondary N) is 2. The molecule has 4 rings (SSSR count). The highest BCUT2D eigenvalue weighted by atomic mass is 16.2. The van der Waals surface area contributed by atoms with Gasteiger partial charge in [-0.2, -0.15) is 0 Å². The molecule has 1 amide bonds. The Kier molecular flexibility index (Phi) is 4.35. The van der Waals surface area contributed by atoms with E-state index in [2.05, 4.69) is 20.6 Å². The number of anilines is 2. The summed E-state index contributed by atoms with van der Waals surface area (Å²) in [5, 5.41) is 6.28. The number of rotatable bonds is 5. The van der Waals surface area contributed by atoms with E-state index < -0.39 is 0 Å². The van der Waals surface area contributed by atoms with Crippen LogP contribution in [-0.4, -0.2) is 21.9 Å². The molecule has 1 saturated carbocycles. The summed E-state index contributed by atoms with van der Waals surface area (Å²) in [4.78, 5) is 21.6. The van der Waals surface area contributed by atoms with Gasteiger partial charge in [0.15, 0.2) is 5.82 Å². The summed E-state index contributed by atoms with van der Waals surface area (Å²) in [6.07, 6.45) is 2.08. The van der Waals surface area contributed by atoms with E-state index in [1.54, 1.807) is 6.07 Å². The molecule has 3 aromatic rings. The second-order valence-corrected chi connectivity index (χ2v) is 6.57. The van der Waals surface area contributed by atoms with Gasteiger partial charge in [-0.05, 0) is 37.5 Å². The van der Waals surface area contributed by atoms with Crippen LogP contribution in [0.5, 0.6) is 0 Å². The highest BCUT2D eigenvalue weighted by Gasteiger charge is 2.25. The number of carbonyl (C=O) groups excluding carboxylic acids is 1. The summed E-state index contributed by atoms with van der Waals surface area (Å²) in [6, 6.07) is 19.7. The van der Waals surface area contributed by atoms with Gasteiger partial charge in [-0.3, -0.25) is 4.79 Å². The van der Waals surface area contributed by atoms with E-state index in [1.807, 2.05) is 61.5 Å². The summed E-state index contributed by atoms with van der Waals surface area (Å²) in [7, 11) is 0. The maximum absolute atomic E-state index is 12.5. The number of aromatic nitrogens is 2. The van der Waals surface area contributed by atoms with Crippen LogP contribution in [0.15, 0.2) is 60.7 Å². The van der Waals surface area contributed by atoms with Crippen molar-refractivity contribution in [1.82, 2.24) is 15.3 Å². The first-order chi connectivity index (χ1) is 12.7. The van der Waals surface area contributed by atoms with E-state index in [1.165, 1.54) is 0 Å². The normalized spacial score (nSPS) is 13.3. The molecule has 1 fully saturated rings. The Morgan fingerprint density at radius 2 is 1.81 bits per heavy atom. The number of carbonyl (C=O) groups is 1. The lowest BCUT2D eigenvalue weighted by atomic mass is 10.2. The number of hydrogen-bond donors (Lipinski definition) is 2. The van der Waals surface area contributed by atoms with Crippen LogP contribution < -0.4 is 10.6 Å². The zero-order valence-corrected chi connectivity index (χ0v) is 14.6. The molecule has 130 valence electrons. The zero-order valence-electron chi connectivity index (χ0n) is 14.6. The van der Waals surface area contributed by atoms with Crippen molar-refractivity contribution in [3.05, 3.63) is 71.9 Å². The van der Waals surface area contributed by atoms with Crippen LogP contribution in [0.25, 0.3) is 11.4 Å². The quantitative estimate of drug-likeness (QED) is 0.732. The molecular weight excluding hydrogens is 324 g/mol. The lowest BCUT2D eigenvalue weighted by Gasteiger charge is -2.11. The van der Waals surface area contributed by atoms with Gasteiger partial charge in [0.2, 0.25) is 0 Å². The zero-order chi connectivity index (χ0) is 17.9. The van der Waals surface area contributed by atoms with Gasteiger partial charge >= 0.3 is 0 Å². The predicted octanol–water partition coefficient (Wildman–Crippen LogP) is 4.09. The molecule has 0 atom stereocenters. The minimum absolute atomic E-state index is 0.153. The Balaban J connectivity index is 1.70. The number of nitrogens with zero attached hydrogens (tertiary/aromatic N) is 2. The van der Waals surface area contributed by atoms with Gasteiger partial charge in [0.25, 0.3) is 5.91 Å². The fourth-order valence-corrected chi connectivity index (χ4v) is 2.70. The van der Waals surface area contributed by atoms with Crippen molar-refractivity contribution in [3.8, 4) is 11.4 Å². The molecule has 0 aliphatic heterocycles. The number of amides is 1. The third-order valence-electron chi connectivity index (χ3n) is 4.19. The van der Waals surface area contributed by atoms with Crippen LogP contribution in [-0.2, 0) is 0 Å². The molecule has 5 nitrogen and oxygen atoms in total. The van der Waals surface area contributed by atoms with Crippen molar-refractivity contribution in [3.63, 3.8) is 0 Å². The Hall–Kier alpha value is -3.21. The maximum Gasteiger partial charge on any atom is 0.270 e. The number of hydrogen-bond acceptors (Lipinski definition) is 4. The van der Waals surface area contributed by atoms with Gasteiger partial charge in [-0.25, -0.2) is 9.97 Å². The van der Waals surface area contributed by atoms with Crippen LogP contribution in [0.4, 0.5) is 11.5 Å². The minimum Gasteiger partial charge on any atom is -0.348 e. The summed E-state index contributed by atoms with van der Waals surface area (Å²) >= 11 is 0. The molecule has 0 unspecified atom stereocenters. The second-order valence-electron chi connectivity index (χ2n) is 6.57. The largest absolute Gasteiger partial charge is 0.348 e. The SMILES string of the molecule is Cc1cccc(Nc2cc(C(=O)NC3CC3)nc(-c3ccccc3)n2)c1. The van der Waals surface area contributed by atoms with E-state index in [0.29, 0.717) is 17.3 Å². The summed E-state index contributed by atoms with van der Waals surface area (Å²) in [6.45, 7) is 2.04. The minimum atomic E-state index is -0.153. The molecule has 0 bridgehead atoms. The van der Waals surface area contributed by atoms with Gasteiger partial charge in [-0.1, -0.05) is 42.5 Å². The Morgan fingerprint density at radius 3 is 2.54 bits per heavy atom. The van der Waals surface area contributed by atoms with Crippen molar-refractivity contribution in [2.45, 2.75) is 25.8 Å². The molecular formula is C21H20N4O. The van der Waals surface area contributed by atoms with Crippen LogP contribution in [0.3, 0.4) is 0 Å². The Labute approximate surface area is 152 Å². The van der Waals surface area contributed by atoms with E-state index in [0.717, 1.165) is 29.7 Å². The number of benzene rings is 2. The molecule has 5 heteroatoms. The summed E-state index contributed by atoms with van der Waals surface area (Å²) in [5.74, 6) is 0.981. The monoisotopic (exact) mass is 344 g/mol. The molecule has 1 aliphatic rings. The smallest absolute Gasteiger partial charge is 0.270 e. The molecule has 0 radical (unpaired) electrons. The Morgan fingerprint density at radius 1 is 1.00 bits per heavy atom. The van der Waals surface area contributed by atoms with Crippen molar-refractivity contribution < 1.29 is 4.79 Å². The first-order valence-corrected chi connectivity index (χ1v) is 8.76. The van der Waals surface area contributed by atoms with Crippen molar-refractivity contribution in [2.24, 2.45) is 0 Å². The maximum atomic E-state index is 12.5. The predicted molar refractivity (Wildman–Crippen MR) is 102 cm³/mol. The standard InChI is InChI=1S/C21H20N4O/c1-14-6-5-9-17(12-14)22-19-13-18(21(26)23-16-10-11-16)24-20(25-19)15-7-3-2-4-8-15/h2-9,12-13,16H,10-11H2,1H3,(H,23,26)(H,22,24,25). The van der Waals surface area contributed by atoms with E-state index in [-0.39, 0.29) is 11.9 Å². The molecule has 0 spiro atoms. The molecule has 2 N–H and O–H groups in total. The van der Waals surface area contributed by atoms with Crippen LogP contribution >= 0.6 is 0 Å². The second kappa shape index (κ2) is 6.96. The molecule has 26 heavy (non-hydrogen) atoms. The fourth-order valence-electron chi connectivity index (χ4n) is 2.70. The topological polar surface area (TPSA) is 66.9 Å². The molecule has 0 saturated heterocycles. The van der Waals surface area contributed by atoms with E-state index in [9.17, 15) is 4.79 Å². The Bertz CT molecular complexity index is 936. The van der Waals surface area contributed by atoms with Gasteiger partial charge in [0.1, 0.15) is 11.5 Å². The van der Waals surface area contributed by atoms with Crippen LogP contribution in [0, 0.1) is 6.92 Å². The lowest BCUT2D eigenvalue weighted by molar-refractivity contribution is 0.0946. The van der Waals surface area contributed by atoms with Gasteiger partial charge in [-0.15, -0.1) is 0 Å². The van der Waals surface area contributed by atoms with Crippen molar-refractivity contribution in [1.29, 1.82) is 0 Å². The van der Waals surface area contributed by atoms with Gasteiger partial charge in [0.05, 0.1) is 0 Å². The third-order valence-corrected chi connectivity index (χ3v) is 4.19. The summed E-state index contributed by atoms with van der Waals surface area (Å²) < 4.78 is 0. The van der Waals surface area contributed by atoms with E-state index in [4.69, 9.17) is 0 Å². The molecule has 1 aliphatic carbocycles. The number of aryl methyl sites for hydroxylation is 1. The van der Waals surface area contributed by atoms with Crippen molar-refractivity contribution >= 4 is 17.4 Å². The molecule has 2 aromatic carbocycles. The van der Waals surface area contributed by atoms with Gasteiger partial charge in [0, 0.05) is 23.4 Å². The summed E-state index contributed by atoms with van der Waals surface area (Å²) in [5.41, 5.74) is 3.33. The van der Waals surface area contributed by atoms with Crippen LogP contribution in [0.1, 0.15) is 28.9 Å². The highest BCUT2D eigenvalue weighted by Crippen LogP contribution is 2.23.